The first-order valence-corrected chi connectivity index (χ1v) is 13.7. The summed E-state index contributed by atoms with van der Waals surface area (Å²) >= 11 is 0.942. The molecule has 5 rings (SSSR count). The number of nitrogen functional groups attached to an aromatic ring is 1. The third-order valence-corrected chi connectivity index (χ3v) is 9.25. The van der Waals surface area contributed by atoms with Crippen LogP contribution in [0.15, 0.2) is 52.0 Å². The summed E-state index contributed by atoms with van der Waals surface area (Å²) in [6.07, 6.45) is 3.79. The Balaban J connectivity index is 1.57. The van der Waals surface area contributed by atoms with Gasteiger partial charge in [0, 0.05) is 36.0 Å². The van der Waals surface area contributed by atoms with Crippen LogP contribution in [0.2, 0.25) is 0 Å². The van der Waals surface area contributed by atoms with Crippen molar-refractivity contribution in [3.63, 3.8) is 0 Å². The molecule has 2 unspecified atom stereocenters. The molecule has 1 aliphatic carbocycles. The largest absolute Gasteiger partial charge is 0.394 e. The summed E-state index contributed by atoms with van der Waals surface area (Å²) in [6, 6.07) is 1.10. The molecule has 1 aromatic rings. The second kappa shape index (κ2) is 10.4. The van der Waals surface area contributed by atoms with Crippen LogP contribution in [0, 0.1) is 11.3 Å². The van der Waals surface area contributed by atoms with Gasteiger partial charge in [-0.15, -0.1) is 11.3 Å². The lowest BCUT2D eigenvalue weighted by Crippen LogP contribution is -2.53. The zero-order chi connectivity index (χ0) is 28.1. The maximum absolute atomic E-state index is 16.5. The minimum atomic E-state index is -0.946. The molecule has 206 valence electrons. The second-order valence-electron chi connectivity index (χ2n) is 10.1. The number of nitrogens with two attached hydrogens (primary N) is 1. The molecule has 11 heteroatoms. The number of thiophene rings is 1. The smallest absolute Gasteiger partial charge is 0.199 e. The molecule has 8 nitrogen and oxygen atoms in total. The molecule has 4 aliphatic rings. The molecule has 0 saturated carbocycles. The Morgan fingerprint density at radius 2 is 2.23 bits per heavy atom. The second-order valence-corrected chi connectivity index (χ2v) is 11.2. The number of guanidine groups is 1. The monoisotopic (exact) mass is 554 g/mol. The van der Waals surface area contributed by atoms with E-state index in [4.69, 9.17) is 15.5 Å². The summed E-state index contributed by atoms with van der Waals surface area (Å²) in [5, 5.41) is 23.4. The van der Waals surface area contributed by atoms with Gasteiger partial charge in [0.2, 0.25) is 0 Å². The Morgan fingerprint density at radius 1 is 1.49 bits per heavy atom. The molecule has 1 fully saturated rings. The Labute approximate surface area is 230 Å². The number of aliphatic hydroxyl groups is 1. The van der Waals surface area contributed by atoms with E-state index in [0.29, 0.717) is 30.2 Å². The Hall–Kier alpha value is -3.30. The average molecular weight is 555 g/mol. The first-order valence-electron chi connectivity index (χ1n) is 12.9. The fourth-order valence-electron chi connectivity index (χ4n) is 5.79. The Kier molecular flexibility index (Phi) is 7.24. The number of likely N-dealkylation sites (N-methyl/N-ethyl adjacent to an activating group) is 1. The SMILES string of the molecule is C=C(C1=C(F)C2N=C(N3CCC(CO)(N(C)CC)C3)NC=C2C2=C1COC2)c1c(/C(F)=C\C)sc(N)c1C#N. The van der Waals surface area contributed by atoms with Crippen LogP contribution in [0.25, 0.3) is 11.4 Å². The van der Waals surface area contributed by atoms with Crippen LogP contribution in [0.1, 0.15) is 36.3 Å². The highest BCUT2D eigenvalue weighted by Gasteiger charge is 2.44. The van der Waals surface area contributed by atoms with Crippen molar-refractivity contribution in [1.82, 2.24) is 15.1 Å². The van der Waals surface area contributed by atoms with E-state index in [2.05, 4.69) is 16.8 Å². The molecular weight excluding hydrogens is 522 g/mol. The zero-order valence-electron chi connectivity index (χ0n) is 22.3. The maximum Gasteiger partial charge on any atom is 0.199 e. The maximum atomic E-state index is 16.5. The summed E-state index contributed by atoms with van der Waals surface area (Å²) in [5.41, 5.74) is 8.39. The molecule has 0 spiro atoms. The van der Waals surface area contributed by atoms with E-state index in [1.54, 1.807) is 13.1 Å². The van der Waals surface area contributed by atoms with Crippen molar-refractivity contribution in [3.05, 3.63) is 63.0 Å². The molecule has 2 atom stereocenters. The number of ether oxygens (including phenoxy) is 1. The van der Waals surface area contributed by atoms with E-state index in [-0.39, 0.29) is 52.0 Å². The minimum absolute atomic E-state index is 0.00750. The highest BCUT2D eigenvalue weighted by Crippen LogP contribution is 2.49. The van der Waals surface area contributed by atoms with Crippen molar-refractivity contribution in [2.24, 2.45) is 4.99 Å². The number of fused-ring (bicyclic) bond motifs is 2. The molecule has 39 heavy (non-hydrogen) atoms. The number of nitriles is 1. The first kappa shape index (κ1) is 27.3. The van der Waals surface area contributed by atoms with Gasteiger partial charge < -0.3 is 25.8 Å². The first-order chi connectivity index (χ1) is 18.7. The molecule has 4 heterocycles. The molecule has 1 saturated heterocycles. The van der Waals surface area contributed by atoms with Crippen LogP contribution in [0.4, 0.5) is 13.8 Å². The number of allylic oxidation sites excluding steroid dienone is 2. The van der Waals surface area contributed by atoms with Gasteiger partial charge in [-0.2, -0.15) is 5.26 Å². The molecule has 3 aliphatic heterocycles. The number of hydrogen-bond acceptors (Lipinski definition) is 9. The van der Waals surface area contributed by atoms with Gasteiger partial charge in [0.25, 0.3) is 0 Å². The third kappa shape index (κ3) is 4.23. The molecule has 0 radical (unpaired) electrons. The molecule has 4 N–H and O–H groups in total. The van der Waals surface area contributed by atoms with Crippen molar-refractivity contribution < 1.29 is 18.6 Å². The number of hydrogen-bond donors (Lipinski definition) is 3. The van der Waals surface area contributed by atoms with E-state index in [1.807, 2.05) is 24.9 Å². The van der Waals surface area contributed by atoms with Crippen LogP contribution in [0.5, 0.6) is 0 Å². The molecule has 1 aromatic heterocycles. The van der Waals surface area contributed by atoms with E-state index in [1.165, 1.54) is 6.08 Å². The lowest BCUT2D eigenvalue weighted by Gasteiger charge is -2.37. The molecule has 0 bridgehead atoms. The molecule has 0 amide bonds. The summed E-state index contributed by atoms with van der Waals surface area (Å²) < 4.78 is 37.1. The van der Waals surface area contributed by atoms with Crippen LogP contribution < -0.4 is 11.1 Å². The fraction of sp³-hybridized carbons (Fsp3) is 0.429. The van der Waals surface area contributed by atoms with Crippen LogP contribution >= 0.6 is 11.3 Å². The lowest BCUT2D eigenvalue weighted by molar-refractivity contribution is 0.0639. The predicted molar refractivity (Wildman–Crippen MR) is 150 cm³/mol. The number of aliphatic hydroxyl groups excluding tert-OH is 1. The Morgan fingerprint density at radius 3 is 2.90 bits per heavy atom. The summed E-state index contributed by atoms with van der Waals surface area (Å²) in [7, 11) is 1.99. The minimum Gasteiger partial charge on any atom is -0.394 e. The highest BCUT2D eigenvalue weighted by molar-refractivity contribution is 7.17. The Bertz CT molecular complexity index is 1430. The van der Waals surface area contributed by atoms with Gasteiger partial charge >= 0.3 is 0 Å². The number of nitrogens with zero attached hydrogens (tertiary/aromatic N) is 4. The van der Waals surface area contributed by atoms with E-state index >= 15 is 4.39 Å². The standard InChI is InChI=1S/C28H32F2N6O2S/c1-5-20(29)25-22(16(9-31)26(32)39-25)15(3)21-19-12-38-11-18(19)17-10-33-27(34-24(17)23(21)30)36-8-7-28(13-36,14-37)35(4)6-2/h5,10,24,37H,3,6-8,11-14,32H2,1-2,4H3,(H,33,34)/b20-5+. The molecule has 0 aromatic carbocycles. The van der Waals surface area contributed by atoms with Gasteiger partial charge in [0.1, 0.15) is 28.8 Å². The van der Waals surface area contributed by atoms with Crippen molar-refractivity contribution in [3.8, 4) is 6.07 Å². The van der Waals surface area contributed by atoms with Crippen LogP contribution in [-0.2, 0) is 4.74 Å². The van der Waals surface area contributed by atoms with Gasteiger partial charge in [0.15, 0.2) is 5.96 Å². The van der Waals surface area contributed by atoms with Crippen molar-refractivity contribution in [2.75, 3.05) is 52.2 Å². The number of aliphatic imine (C=N–C) groups is 1. The van der Waals surface area contributed by atoms with Gasteiger partial charge in [0.05, 0.1) is 35.8 Å². The number of nitrogens with one attached hydrogen (secondary N) is 1. The van der Waals surface area contributed by atoms with E-state index < -0.39 is 23.2 Å². The average Bonchev–Trinajstić information content (AvgIpc) is 3.69. The predicted octanol–water partition coefficient (Wildman–Crippen LogP) is 3.71. The van der Waals surface area contributed by atoms with Crippen molar-refractivity contribution in [1.29, 1.82) is 5.26 Å². The van der Waals surface area contributed by atoms with Gasteiger partial charge in [-0.05, 0) is 43.7 Å². The van der Waals surface area contributed by atoms with Gasteiger partial charge in [-0.3, -0.25) is 4.90 Å². The summed E-state index contributed by atoms with van der Waals surface area (Å²) in [4.78, 5) is 9.09. The normalized spacial score (nSPS) is 24.9. The van der Waals surface area contributed by atoms with E-state index in [9.17, 15) is 14.8 Å². The number of rotatable bonds is 6. The van der Waals surface area contributed by atoms with Crippen molar-refractivity contribution in [2.45, 2.75) is 31.8 Å². The van der Waals surface area contributed by atoms with Crippen LogP contribution in [0.3, 0.4) is 0 Å². The highest BCUT2D eigenvalue weighted by atomic mass is 32.1. The summed E-state index contributed by atoms with van der Waals surface area (Å²) in [5.74, 6) is -0.572. The quantitative estimate of drug-likeness (QED) is 0.492. The topological polar surface area (TPSA) is 110 Å². The third-order valence-electron chi connectivity index (χ3n) is 8.22. The summed E-state index contributed by atoms with van der Waals surface area (Å²) in [6.45, 7) is 10.2. The van der Waals surface area contributed by atoms with Crippen LogP contribution in [-0.4, -0.2) is 78.9 Å². The number of halogens is 2. The van der Waals surface area contributed by atoms with Gasteiger partial charge in [-0.25, -0.2) is 13.8 Å². The van der Waals surface area contributed by atoms with Crippen molar-refractivity contribution >= 4 is 33.7 Å². The molecular formula is C28H32F2N6O2S. The number of likely N-dealkylation sites (tertiary alicyclic amines) is 1. The number of anilines is 1. The fourth-order valence-corrected chi connectivity index (χ4v) is 6.80. The lowest BCUT2D eigenvalue weighted by atomic mass is 9.80. The zero-order valence-corrected chi connectivity index (χ0v) is 23.1. The van der Waals surface area contributed by atoms with E-state index in [0.717, 1.165) is 29.9 Å². The van der Waals surface area contributed by atoms with Gasteiger partial charge in [-0.1, -0.05) is 19.6 Å².